The van der Waals surface area contributed by atoms with E-state index in [0.717, 1.165) is 30.0 Å². The Bertz CT molecular complexity index is 775. The smallest absolute Gasteiger partial charge is 0.309 e. The lowest BCUT2D eigenvalue weighted by molar-refractivity contribution is -0.136. The zero-order valence-electron chi connectivity index (χ0n) is 14.0. The predicted molar refractivity (Wildman–Crippen MR) is 88.8 cm³/mol. The lowest BCUT2D eigenvalue weighted by Gasteiger charge is -2.34. The number of carboxylic acids is 1. The average molecular weight is 330 g/mol. The molecule has 7 nitrogen and oxygen atoms in total. The molecule has 0 atom stereocenters. The minimum absolute atomic E-state index is 0.0795. The molecule has 128 valence electrons. The van der Waals surface area contributed by atoms with Crippen molar-refractivity contribution < 1.29 is 14.7 Å². The highest BCUT2D eigenvalue weighted by Crippen LogP contribution is 2.19. The van der Waals surface area contributed by atoms with Crippen molar-refractivity contribution in [3.63, 3.8) is 0 Å². The maximum atomic E-state index is 11.4. The van der Waals surface area contributed by atoms with Gasteiger partial charge in [0, 0.05) is 45.8 Å². The van der Waals surface area contributed by atoms with Crippen LogP contribution in [-0.4, -0.2) is 62.3 Å². The fraction of sp³-hybridized carbons (Fsp3) is 0.471. The molecule has 0 radical (unpaired) electrons. The van der Waals surface area contributed by atoms with E-state index < -0.39 is 5.97 Å². The summed E-state index contributed by atoms with van der Waals surface area (Å²) in [6, 6.07) is 3.92. The van der Waals surface area contributed by atoms with Gasteiger partial charge >= 0.3 is 5.97 Å². The van der Waals surface area contributed by atoms with Crippen molar-refractivity contribution in [1.29, 1.82) is 0 Å². The summed E-state index contributed by atoms with van der Waals surface area (Å²) in [5, 5.41) is 9.18. The number of pyridine rings is 1. The molecular weight excluding hydrogens is 308 g/mol. The van der Waals surface area contributed by atoms with E-state index in [1.54, 1.807) is 6.92 Å². The zero-order valence-corrected chi connectivity index (χ0v) is 14.0. The largest absolute Gasteiger partial charge is 0.481 e. The van der Waals surface area contributed by atoms with E-state index in [1.165, 1.54) is 0 Å². The van der Waals surface area contributed by atoms with Crippen LogP contribution in [0.4, 0.5) is 0 Å². The first-order valence-corrected chi connectivity index (χ1v) is 8.11. The third-order valence-electron chi connectivity index (χ3n) is 4.54. The number of aromatic nitrogens is 2. The molecule has 1 saturated heterocycles. The molecule has 0 aliphatic carbocycles. The van der Waals surface area contributed by atoms with Gasteiger partial charge in [-0.2, -0.15) is 0 Å². The van der Waals surface area contributed by atoms with Crippen molar-refractivity contribution in [1.82, 2.24) is 19.2 Å². The molecule has 1 amide bonds. The number of aryl methyl sites for hydroxylation is 1. The molecule has 7 heteroatoms. The van der Waals surface area contributed by atoms with Gasteiger partial charge in [-0.1, -0.05) is 6.07 Å². The number of piperazine rings is 1. The number of fused-ring (bicyclic) bond motifs is 1. The third kappa shape index (κ3) is 3.26. The predicted octanol–water partition coefficient (Wildman–Crippen LogP) is 0.934. The molecule has 0 spiro atoms. The van der Waals surface area contributed by atoms with Gasteiger partial charge in [-0.25, -0.2) is 4.98 Å². The molecule has 3 heterocycles. The van der Waals surface area contributed by atoms with Crippen LogP contribution in [0.5, 0.6) is 0 Å². The van der Waals surface area contributed by atoms with Gasteiger partial charge in [0.2, 0.25) is 5.91 Å². The van der Waals surface area contributed by atoms with Gasteiger partial charge in [-0.05, 0) is 18.6 Å². The highest BCUT2D eigenvalue weighted by atomic mass is 16.4. The van der Waals surface area contributed by atoms with Crippen molar-refractivity contribution in [3.05, 3.63) is 35.3 Å². The summed E-state index contributed by atoms with van der Waals surface area (Å²) in [4.78, 5) is 31.3. The van der Waals surface area contributed by atoms with E-state index in [-0.39, 0.29) is 12.3 Å². The molecule has 0 saturated carbocycles. The Kier molecular flexibility index (Phi) is 4.53. The molecule has 0 bridgehead atoms. The van der Waals surface area contributed by atoms with E-state index in [9.17, 15) is 14.7 Å². The standard InChI is InChI=1S/C17H22N4O3/c1-12-4-3-5-21-15(14(10-16(23)24)18-17(12)21)11-19-6-8-20(9-7-19)13(2)22/h3-5H,6-11H2,1-2H3,(H,23,24). The Morgan fingerprint density at radius 1 is 1.25 bits per heavy atom. The number of hydrogen-bond acceptors (Lipinski definition) is 4. The highest BCUT2D eigenvalue weighted by molar-refractivity contribution is 5.73. The first-order valence-electron chi connectivity index (χ1n) is 8.11. The van der Waals surface area contributed by atoms with Crippen LogP contribution in [0, 0.1) is 6.92 Å². The fourth-order valence-corrected chi connectivity index (χ4v) is 3.18. The molecular formula is C17H22N4O3. The Morgan fingerprint density at radius 2 is 1.96 bits per heavy atom. The van der Waals surface area contributed by atoms with Crippen LogP contribution < -0.4 is 0 Å². The maximum Gasteiger partial charge on any atom is 0.309 e. The highest BCUT2D eigenvalue weighted by Gasteiger charge is 2.22. The Morgan fingerprint density at radius 3 is 2.58 bits per heavy atom. The zero-order chi connectivity index (χ0) is 17.3. The molecule has 24 heavy (non-hydrogen) atoms. The van der Waals surface area contributed by atoms with Gasteiger partial charge in [-0.15, -0.1) is 0 Å². The maximum absolute atomic E-state index is 11.4. The lowest BCUT2D eigenvalue weighted by atomic mass is 10.2. The van der Waals surface area contributed by atoms with Crippen LogP contribution in [-0.2, 0) is 22.6 Å². The molecule has 2 aromatic rings. The van der Waals surface area contributed by atoms with Crippen molar-refractivity contribution in [2.45, 2.75) is 26.8 Å². The SMILES string of the molecule is CC(=O)N1CCN(Cc2c(CC(=O)O)nc3c(C)cccn23)CC1. The Hall–Kier alpha value is -2.41. The van der Waals surface area contributed by atoms with E-state index in [1.807, 2.05) is 34.6 Å². The minimum Gasteiger partial charge on any atom is -0.481 e. The second-order valence-electron chi connectivity index (χ2n) is 6.24. The second kappa shape index (κ2) is 6.60. The quantitative estimate of drug-likeness (QED) is 0.902. The topological polar surface area (TPSA) is 78.2 Å². The van der Waals surface area contributed by atoms with Gasteiger partial charge in [0.1, 0.15) is 5.65 Å². The number of hydrogen-bond donors (Lipinski definition) is 1. The second-order valence-corrected chi connectivity index (χ2v) is 6.24. The Balaban J connectivity index is 1.86. The van der Waals surface area contributed by atoms with Crippen molar-refractivity contribution in [2.75, 3.05) is 26.2 Å². The summed E-state index contributed by atoms with van der Waals surface area (Å²) < 4.78 is 1.99. The molecule has 0 unspecified atom stereocenters. The number of nitrogens with zero attached hydrogens (tertiary/aromatic N) is 4. The molecule has 3 rings (SSSR count). The first-order chi connectivity index (χ1) is 11.5. The van der Waals surface area contributed by atoms with E-state index in [4.69, 9.17) is 0 Å². The van der Waals surface area contributed by atoms with Gasteiger partial charge in [0.15, 0.2) is 0 Å². The van der Waals surface area contributed by atoms with Crippen molar-refractivity contribution >= 4 is 17.5 Å². The normalized spacial score (nSPS) is 15.8. The summed E-state index contributed by atoms with van der Waals surface area (Å²) in [5.74, 6) is -0.773. The Labute approximate surface area is 140 Å². The van der Waals surface area contributed by atoms with Crippen LogP contribution in [0.25, 0.3) is 5.65 Å². The van der Waals surface area contributed by atoms with E-state index in [2.05, 4.69) is 9.88 Å². The van der Waals surface area contributed by atoms with E-state index >= 15 is 0 Å². The number of imidazole rings is 1. The number of carbonyl (C=O) groups is 2. The van der Waals surface area contributed by atoms with Crippen LogP contribution in [0.1, 0.15) is 23.9 Å². The molecule has 1 aliphatic heterocycles. The van der Waals surface area contributed by atoms with Gasteiger partial charge in [0.05, 0.1) is 17.8 Å². The van der Waals surface area contributed by atoms with E-state index in [0.29, 0.717) is 25.3 Å². The van der Waals surface area contributed by atoms with Crippen LogP contribution in [0.2, 0.25) is 0 Å². The average Bonchev–Trinajstić information content (AvgIpc) is 2.86. The monoisotopic (exact) mass is 330 g/mol. The fourth-order valence-electron chi connectivity index (χ4n) is 3.18. The van der Waals surface area contributed by atoms with Gasteiger partial charge in [0.25, 0.3) is 0 Å². The van der Waals surface area contributed by atoms with Gasteiger partial charge in [-0.3, -0.25) is 14.5 Å². The summed E-state index contributed by atoms with van der Waals surface area (Å²) in [6.07, 6.45) is 1.85. The molecule has 1 N–H and O–H groups in total. The summed E-state index contributed by atoms with van der Waals surface area (Å²) >= 11 is 0. The third-order valence-corrected chi connectivity index (χ3v) is 4.54. The summed E-state index contributed by atoms with van der Waals surface area (Å²) in [5.41, 5.74) is 3.38. The van der Waals surface area contributed by atoms with Crippen LogP contribution in [0.3, 0.4) is 0 Å². The van der Waals surface area contributed by atoms with Crippen LogP contribution in [0.15, 0.2) is 18.3 Å². The molecule has 1 aliphatic rings. The summed E-state index contributed by atoms with van der Waals surface area (Å²) in [6.45, 7) is 7.18. The number of rotatable bonds is 4. The number of amides is 1. The summed E-state index contributed by atoms with van der Waals surface area (Å²) in [7, 11) is 0. The molecule has 0 aromatic carbocycles. The first kappa shape index (κ1) is 16.4. The van der Waals surface area contributed by atoms with Gasteiger partial charge < -0.3 is 14.4 Å². The number of aliphatic carboxylic acids is 1. The van der Waals surface area contributed by atoms with Crippen molar-refractivity contribution in [3.8, 4) is 0 Å². The van der Waals surface area contributed by atoms with Crippen molar-refractivity contribution in [2.24, 2.45) is 0 Å². The molecule has 2 aromatic heterocycles. The lowest BCUT2D eigenvalue weighted by Crippen LogP contribution is -2.47. The number of carbonyl (C=O) groups excluding carboxylic acids is 1. The van der Waals surface area contributed by atoms with Crippen LogP contribution >= 0.6 is 0 Å². The minimum atomic E-state index is -0.876. The molecule has 1 fully saturated rings. The number of carboxylic acid groups (broad SMARTS) is 1.